The quantitative estimate of drug-likeness (QED) is 0.631. The van der Waals surface area contributed by atoms with E-state index in [-0.39, 0.29) is 31.4 Å². The van der Waals surface area contributed by atoms with Gasteiger partial charge in [0.05, 0.1) is 25.2 Å². The van der Waals surface area contributed by atoms with Crippen molar-refractivity contribution in [1.29, 1.82) is 0 Å². The van der Waals surface area contributed by atoms with Gasteiger partial charge >= 0.3 is 0 Å². The molecule has 3 N–H and O–H groups in total. The number of benzene rings is 1. The molecule has 0 saturated heterocycles. The fraction of sp³-hybridized carbons (Fsp3) is 0.444. The Hall–Kier alpha value is -2.32. The molecule has 0 unspecified atom stereocenters. The zero-order valence-corrected chi connectivity index (χ0v) is 14.4. The van der Waals surface area contributed by atoms with Gasteiger partial charge in [-0.2, -0.15) is 0 Å². The molecule has 0 fully saturated rings. The Labute approximate surface area is 150 Å². The molecule has 1 aliphatic rings. The van der Waals surface area contributed by atoms with Gasteiger partial charge in [0.2, 0.25) is 11.8 Å². The molecule has 142 valence electrons. The molecule has 1 aromatic rings. The van der Waals surface area contributed by atoms with Crippen LogP contribution in [0.4, 0.5) is 8.78 Å². The van der Waals surface area contributed by atoms with Crippen molar-refractivity contribution in [3.63, 3.8) is 0 Å². The maximum absolute atomic E-state index is 13.1. The van der Waals surface area contributed by atoms with E-state index in [2.05, 4.69) is 10.6 Å². The Morgan fingerprint density at radius 3 is 2.46 bits per heavy atom. The molecule has 0 bridgehead atoms. The van der Waals surface area contributed by atoms with Gasteiger partial charge in [-0.3, -0.25) is 9.59 Å². The Morgan fingerprint density at radius 1 is 1.15 bits per heavy atom. The van der Waals surface area contributed by atoms with Crippen molar-refractivity contribution in [2.24, 2.45) is 0 Å². The Kier molecular flexibility index (Phi) is 7.23. The first-order valence-corrected chi connectivity index (χ1v) is 8.37. The molecule has 0 aliphatic carbocycles. The number of aliphatic hydroxyl groups is 1. The monoisotopic (exact) mass is 368 g/mol. The lowest BCUT2D eigenvalue weighted by atomic mass is 10.0. The molecule has 3 atom stereocenters. The Morgan fingerprint density at radius 2 is 1.85 bits per heavy atom. The van der Waals surface area contributed by atoms with Crippen LogP contribution in [0.2, 0.25) is 0 Å². The predicted octanol–water partition coefficient (Wildman–Crippen LogP) is 1.18. The fourth-order valence-corrected chi connectivity index (χ4v) is 2.59. The van der Waals surface area contributed by atoms with Crippen molar-refractivity contribution in [2.75, 3.05) is 6.61 Å². The minimum atomic E-state index is -0.709. The van der Waals surface area contributed by atoms with Crippen LogP contribution in [0.1, 0.15) is 25.3 Å². The fourth-order valence-electron chi connectivity index (χ4n) is 2.59. The van der Waals surface area contributed by atoms with Crippen molar-refractivity contribution in [3.8, 4) is 0 Å². The molecule has 1 aromatic carbocycles. The maximum atomic E-state index is 13.1. The van der Waals surface area contributed by atoms with Crippen LogP contribution >= 0.6 is 0 Å². The van der Waals surface area contributed by atoms with E-state index in [0.29, 0.717) is 12.0 Å². The topological polar surface area (TPSA) is 87.7 Å². The summed E-state index contributed by atoms with van der Waals surface area (Å²) in [5.74, 6) is -1.95. The molecule has 1 heterocycles. The lowest BCUT2D eigenvalue weighted by Crippen LogP contribution is -2.48. The number of carbonyl (C=O) groups is 2. The van der Waals surface area contributed by atoms with Gasteiger partial charge in [0.25, 0.3) is 0 Å². The van der Waals surface area contributed by atoms with Crippen LogP contribution < -0.4 is 10.6 Å². The first-order chi connectivity index (χ1) is 12.4. The van der Waals surface area contributed by atoms with Crippen molar-refractivity contribution in [1.82, 2.24) is 10.6 Å². The van der Waals surface area contributed by atoms with Crippen molar-refractivity contribution >= 4 is 11.8 Å². The number of nitrogens with one attached hydrogen (secondary N) is 2. The lowest BCUT2D eigenvalue weighted by Gasteiger charge is -2.31. The van der Waals surface area contributed by atoms with E-state index in [1.165, 1.54) is 0 Å². The third-order valence-corrected chi connectivity index (χ3v) is 3.91. The number of amides is 2. The normalized spacial score (nSPS) is 22.1. The largest absolute Gasteiger partial charge is 0.394 e. The van der Waals surface area contributed by atoms with Gasteiger partial charge in [-0.05, 0) is 17.7 Å². The molecule has 2 amide bonds. The van der Waals surface area contributed by atoms with Gasteiger partial charge < -0.3 is 20.5 Å². The molecule has 2 rings (SSSR count). The first kappa shape index (κ1) is 20.0. The smallest absolute Gasteiger partial charge is 0.223 e. The average molecular weight is 368 g/mol. The van der Waals surface area contributed by atoms with Crippen molar-refractivity contribution < 1.29 is 28.2 Å². The van der Waals surface area contributed by atoms with Crippen LogP contribution in [0.25, 0.3) is 0 Å². The van der Waals surface area contributed by atoms with Crippen molar-refractivity contribution in [2.45, 2.75) is 44.6 Å². The number of hydrogen-bond acceptors (Lipinski definition) is 4. The molecular weight excluding hydrogens is 346 g/mol. The van der Waals surface area contributed by atoms with Gasteiger partial charge in [-0.25, -0.2) is 8.78 Å². The summed E-state index contributed by atoms with van der Waals surface area (Å²) in [5, 5.41) is 14.7. The van der Waals surface area contributed by atoms with E-state index in [1.54, 1.807) is 19.1 Å². The number of carbonyl (C=O) groups excluding carboxylic acids is 2. The molecular formula is C18H22F2N2O4. The van der Waals surface area contributed by atoms with E-state index in [9.17, 15) is 23.5 Å². The highest BCUT2D eigenvalue weighted by molar-refractivity contribution is 5.77. The van der Waals surface area contributed by atoms with Gasteiger partial charge in [0.15, 0.2) is 0 Å². The zero-order valence-electron chi connectivity index (χ0n) is 14.4. The van der Waals surface area contributed by atoms with E-state index >= 15 is 0 Å². The summed E-state index contributed by atoms with van der Waals surface area (Å²) in [7, 11) is 0. The summed E-state index contributed by atoms with van der Waals surface area (Å²) in [6.07, 6.45) is 2.43. The Bertz CT molecular complexity index is 661. The maximum Gasteiger partial charge on any atom is 0.223 e. The molecule has 0 aromatic heterocycles. The number of halogens is 2. The highest BCUT2D eigenvalue weighted by Crippen LogP contribution is 2.16. The standard InChI is InChI=1S/C18H22F2N2O4/c1-2-17(24)22-15-4-3-14(26-16(15)10-23)8-18(25)21-9-11-5-12(19)7-13(20)6-11/h3-7,14-16,23H,2,8-10H2,1H3,(H,21,25)(H,22,24)/t14-,15-,16+/m1/s1. The van der Waals surface area contributed by atoms with Crippen LogP contribution in [-0.4, -0.2) is 41.8 Å². The van der Waals surface area contributed by atoms with Crippen LogP contribution in [-0.2, 0) is 20.9 Å². The molecule has 26 heavy (non-hydrogen) atoms. The summed E-state index contributed by atoms with van der Waals surface area (Å²) in [4.78, 5) is 23.5. The minimum Gasteiger partial charge on any atom is -0.394 e. The summed E-state index contributed by atoms with van der Waals surface area (Å²) in [6.45, 7) is 1.40. The van der Waals surface area contributed by atoms with Gasteiger partial charge in [-0.1, -0.05) is 19.1 Å². The third kappa shape index (κ3) is 5.89. The highest BCUT2D eigenvalue weighted by atomic mass is 19.1. The lowest BCUT2D eigenvalue weighted by molar-refractivity contribution is -0.128. The van der Waals surface area contributed by atoms with E-state index < -0.39 is 29.9 Å². The molecule has 0 spiro atoms. The second-order valence-electron chi connectivity index (χ2n) is 5.99. The van der Waals surface area contributed by atoms with E-state index in [4.69, 9.17) is 4.74 Å². The highest BCUT2D eigenvalue weighted by Gasteiger charge is 2.28. The van der Waals surface area contributed by atoms with Crippen LogP contribution in [0, 0.1) is 11.6 Å². The van der Waals surface area contributed by atoms with Crippen molar-refractivity contribution in [3.05, 3.63) is 47.5 Å². The number of ether oxygens (including phenoxy) is 1. The van der Waals surface area contributed by atoms with Crippen LogP contribution in [0.5, 0.6) is 0 Å². The van der Waals surface area contributed by atoms with Gasteiger partial charge in [0.1, 0.15) is 17.7 Å². The number of rotatable bonds is 7. The molecule has 8 heteroatoms. The predicted molar refractivity (Wildman–Crippen MR) is 89.9 cm³/mol. The third-order valence-electron chi connectivity index (χ3n) is 3.91. The second-order valence-corrected chi connectivity index (χ2v) is 5.99. The summed E-state index contributed by atoms with van der Waals surface area (Å²) in [5.41, 5.74) is 0.312. The van der Waals surface area contributed by atoms with E-state index in [1.807, 2.05) is 0 Å². The van der Waals surface area contributed by atoms with Gasteiger partial charge in [-0.15, -0.1) is 0 Å². The molecule has 0 saturated carbocycles. The number of hydrogen-bond donors (Lipinski definition) is 3. The summed E-state index contributed by atoms with van der Waals surface area (Å²) in [6, 6.07) is 2.59. The first-order valence-electron chi connectivity index (χ1n) is 8.37. The second kappa shape index (κ2) is 9.40. The minimum absolute atomic E-state index is 0.0114. The van der Waals surface area contributed by atoms with Crippen LogP contribution in [0.15, 0.2) is 30.4 Å². The van der Waals surface area contributed by atoms with E-state index in [0.717, 1.165) is 18.2 Å². The number of aliphatic hydroxyl groups excluding tert-OH is 1. The van der Waals surface area contributed by atoms with Crippen LogP contribution in [0.3, 0.4) is 0 Å². The van der Waals surface area contributed by atoms with Gasteiger partial charge in [0, 0.05) is 19.0 Å². The Balaban J connectivity index is 1.86. The molecule has 0 radical (unpaired) electrons. The summed E-state index contributed by atoms with van der Waals surface area (Å²) < 4.78 is 31.9. The average Bonchev–Trinajstić information content (AvgIpc) is 2.60. The summed E-state index contributed by atoms with van der Waals surface area (Å²) >= 11 is 0. The SMILES string of the molecule is CCC(=O)N[C@@H]1C=C[C@H](CC(=O)NCc2cc(F)cc(F)c2)O[C@H]1CO. The molecule has 6 nitrogen and oxygen atoms in total. The molecule has 1 aliphatic heterocycles. The zero-order chi connectivity index (χ0) is 19.1.